The summed E-state index contributed by atoms with van der Waals surface area (Å²) in [6.45, 7) is 0.404. The summed E-state index contributed by atoms with van der Waals surface area (Å²) in [6, 6.07) is 26.8. The Morgan fingerprint density at radius 1 is 0.800 bits per heavy atom. The minimum Gasteiger partial charge on any atom is -0.383 e. The van der Waals surface area contributed by atoms with E-state index >= 15 is 0 Å². The molecule has 35 heavy (non-hydrogen) atoms. The topological polar surface area (TPSA) is 118 Å². The van der Waals surface area contributed by atoms with Gasteiger partial charge >= 0.3 is 5.69 Å². The predicted octanol–water partition coefficient (Wildman–Crippen LogP) is 2.65. The highest BCUT2D eigenvalue weighted by atomic mass is 32.2. The number of nitrogens with zero attached hydrogens (tertiary/aromatic N) is 2. The Morgan fingerprint density at radius 3 is 1.94 bits per heavy atom. The fourth-order valence-corrected chi connectivity index (χ4v) is 5.12. The predicted molar refractivity (Wildman–Crippen MR) is 137 cm³/mol. The molecule has 1 heterocycles. The monoisotopic (exact) mass is 490 g/mol. The number of benzene rings is 3. The van der Waals surface area contributed by atoms with Crippen LogP contribution in [0.4, 0.5) is 11.5 Å². The molecule has 0 unspecified atom stereocenters. The maximum atomic E-state index is 13.0. The Hall–Kier alpha value is -4.11. The first-order valence-corrected chi connectivity index (χ1v) is 12.7. The van der Waals surface area contributed by atoms with Crippen molar-refractivity contribution in [2.45, 2.75) is 18.0 Å². The van der Waals surface area contributed by atoms with Crippen LogP contribution in [-0.4, -0.2) is 30.3 Å². The van der Waals surface area contributed by atoms with Crippen LogP contribution >= 0.6 is 0 Å². The number of aromatic nitrogens is 2. The minimum absolute atomic E-state index is 0.00292. The van der Waals surface area contributed by atoms with Crippen LogP contribution in [0.25, 0.3) is 0 Å². The SMILES string of the molecule is Nc1c(N(CCS(=O)(=O)c2ccccc2)Cc2ccccc2)c(=O)[nH]c(=O)n1Cc1ccccc1. The Kier molecular flexibility index (Phi) is 7.17. The average Bonchev–Trinajstić information content (AvgIpc) is 2.87. The van der Waals surface area contributed by atoms with Gasteiger partial charge in [0.15, 0.2) is 9.84 Å². The van der Waals surface area contributed by atoms with Gasteiger partial charge in [0.2, 0.25) is 0 Å². The number of sulfone groups is 1. The molecule has 3 N–H and O–H groups in total. The lowest BCUT2D eigenvalue weighted by Crippen LogP contribution is -2.40. The molecule has 180 valence electrons. The van der Waals surface area contributed by atoms with Gasteiger partial charge in [0.1, 0.15) is 11.5 Å². The molecule has 0 aliphatic carbocycles. The molecular formula is C26H26N4O4S. The van der Waals surface area contributed by atoms with Crippen LogP contribution in [0, 0.1) is 0 Å². The summed E-state index contributed by atoms with van der Waals surface area (Å²) in [6.07, 6.45) is 0. The van der Waals surface area contributed by atoms with Crippen molar-refractivity contribution in [1.29, 1.82) is 0 Å². The quantitative estimate of drug-likeness (QED) is 0.372. The smallest absolute Gasteiger partial charge is 0.330 e. The molecule has 0 amide bonds. The first-order chi connectivity index (χ1) is 16.8. The molecule has 0 aliphatic rings. The highest BCUT2D eigenvalue weighted by Crippen LogP contribution is 2.21. The van der Waals surface area contributed by atoms with Crippen LogP contribution in [0.15, 0.2) is 105 Å². The van der Waals surface area contributed by atoms with Gasteiger partial charge < -0.3 is 10.6 Å². The van der Waals surface area contributed by atoms with Gasteiger partial charge in [-0.3, -0.25) is 14.3 Å². The van der Waals surface area contributed by atoms with E-state index in [2.05, 4.69) is 4.98 Å². The Bertz CT molecular complexity index is 1500. The molecule has 0 saturated carbocycles. The molecule has 9 heteroatoms. The summed E-state index contributed by atoms with van der Waals surface area (Å²) >= 11 is 0. The number of rotatable bonds is 9. The number of nitrogens with two attached hydrogens (primary N) is 1. The van der Waals surface area contributed by atoms with Crippen molar-refractivity contribution in [3.8, 4) is 0 Å². The van der Waals surface area contributed by atoms with Crippen molar-refractivity contribution < 1.29 is 8.42 Å². The molecule has 0 spiro atoms. The summed E-state index contributed by atoms with van der Waals surface area (Å²) < 4.78 is 27.2. The van der Waals surface area contributed by atoms with E-state index in [1.54, 1.807) is 23.1 Å². The molecule has 4 aromatic rings. The van der Waals surface area contributed by atoms with Gasteiger partial charge in [-0.2, -0.15) is 0 Å². The second kappa shape index (κ2) is 10.4. The summed E-state index contributed by atoms with van der Waals surface area (Å²) in [4.78, 5) is 29.7. The van der Waals surface area contributed by atoms with Crippen molar-refractivity contribution in [2.75, 3.05) is 22.9 Å². The van der Waals surface area contributed by atoms with Crippen LogP contribution in [0.3, 0.4) is 0 Å². The van der Waals surface area contributed by atoms with E-state index in [4.69, 9.17) is 5.73 Å². The van der Waals surface area contributed by atoms with E-state index in [-0.39, 0.29) is 41.8 Å². The van der Waals surface area contributed by atoms with Gasteiger partial charge in [-0.1, -0.05) is 78.9 Å². The van der Waals surface area contributed by atoms with Crippen molar-refractivity contribution in [2.24, 2.45) is 0 Å². The second-order valence-corrected chi connectivity index (χ2v) is 10.2. The van der Waals surface area contributed by atoms with Crippen LogP contribution in [-0.2, 0) is 22.9 Å². The standard InChI is InChI=1S/C26H26N4O4S/c27-24-23(25(31)28-26(32)30(24)19-21-12-6-2-7-13-21)29(18-20-10-4-1-5-11-20)16-17-35(33,34)22-14-8-3-9-15-22/h1-15H,16-19,27H2,(H,28,31,32). The summed E-state index contributed by atoms with van der Waals surface area (Å²) in [5.74, 6) is -0.253. The molecule has 0 fully saturated rings. The molecule has 4 rings (SSSR count). The van der Waals surface area contributed by atoms with Gasteiger partial charge in [0.05, 0.1) is 17.2 Å². The zero-order valence-corrected chi connectivity index (χ0v) is 19.8. The summed E-state index contributed by atoms with van der Waals surface area (Å²) in [5, 5.41) is 0. The van der Waals surface area contributed by atoms with Crippen molar-refractivity contribution in [3.63, 3.8) is 0 Å². The first-order valence-electron chi connectivity index (χ1n) is 11.1. The molecule has 0 radical (unpaired) electrons. The Morgan fingerprint density at radius 2 is 1.34 bits per heavy atom. The maximum Gasteiger partial charge on any atom is 0.330 e. The van der Waals surface area contributed by atoms with E-state index in [1.807, 2.05) is 60.7 Å². The lowest BCUT2D eigenvalue weighted by molar-refractivity contribution is 0.594. The number of hydrogen-bond acceptors (Lipinski definition) is 6. The van der Waals surface area contributed by atoms with Gasteiger partial charge in [-0.25, -0.2) is 13.2 Å². The highest BCUT2D eigenvalue weighted by molar-refractivity contribution is 7.91. The number of nitrogens with one attached hydrogen (secondary N) is 1. The molecule has 0 bridgehead atoms. The molecule has 0 aliphatic heterocycles. The zero-order chi connectivity index (χ0) is 24.8. The molecule has 0 saturated heterocycles. The van der Waals surface area contributed by atoms with E-state index in [0.717, 1.165) is 11.1 Å². The highest BCUT2D eigenvalue weighted by Gasteiger charge is 2.22. The lowest BCUT2D eigenvalue weighted by Gasteiger charge is -2.26. The normalized spacial score (nSPS) is 11.3. The van der Waals surface area contributed by atoms with Crippen molar-refractivity contribution in [3.05, 3.63) is 123 Å². The van der Waals surface area contributed by atoms with Crippen molar-refractivity contribution >= 4 is 21.3 Å². The minimum atomic E-state index is -3.61. The van der Waals surface area contributed by atoms with Gasteiger partial charge in [-0.05, 0) is 23.3 Å². The molecule has 0 atom stereocenters. The molecular weight excluding hydrogens is 464 g/mol. The van der Waals surface area contributed by atoms with Gasteiger partial charge in [-0.15, -0.1) is 0 Å². The number of anilines is 2. The zero-order valence-electron chi connectivity index (χ0n) is 19.0. The van der Waals surface area contributed by atoms with E-state index in [9.17, 15) is 18.0 Å². The third kappa shape index (κ3) is 5.70. The summed E-state index contributed by atoms with van der Waals surface area (Å²) in [7, 11) is -3.61. The van der Waals surface area contributed by atoms with Crippen LogP contribution in [0.5, 0.6) is 0 Å². The third-order valence-corrected chi connectivity index (χ3v) is 7.37. The van der Waals surface area contributed by atoms with E-state index < -0.39 is 21.1 Å². The van der Waals surface area contributed by atoms with Crippen molar-refractivity contribution in [1.82, 2.24) is 9.55 Å². The molecule has 8 nitrogen and oxygen atoms in total. The Labute approximate surface area is 203 Å². The number of H-pyrrole nitrogens is 1. The summed E-state index contributed by atoms with van der Waals surface area (Å²) in [5.41, 5.74) is 6.86. The van der Waals surface area contributed by atoms with Gasteiger partial charge in [0, 0.05) is 13.1 Å². The van der Waals surface area contributed by atoms with E-state index in [1.165, 1.54) is 16.7 Å². The first kappa shape index (κ1) is 24.0. The fourth-order valence-electron chi connectivity index (χ4n) is 3.86. The van der Waals surface area contributed by atoms with Crippen LogP contribution < -0.4 is 21.9 Å². The third-order valence-electron chi connectivity index (χ3n) is 5.66. The van der Waals surface area contributed by atoms with Crippen LogP contribution in [0.1, 0.15) is 11.1 Å². The van der Waals surface area contributed by atoms with Crippen LogP contribution in [0.2, 0.25) is 0 Å². The molecule has 3 aromatic carbocycles. The number of aromatic amines is 1. The largest absolute Gasteiger partial charge is 0.383 e. The number of hydrogen-bond donors (Lipinski definition) is 2. The number of nitrogen functional groups attached to an aromatic ring is 1. The fraction of sp³-hybridized carbons (Fsp3) is 0.154. The Balaban J connectivity index is 1.73. The second-order valence-electron chi connectivity index (χ2n) is 8.10. The lowest BCUT2D eigenvalue weighted by atomic mass is 10.2. The maximum absolute atomic E-state index is 13.0. The van der Waals surface area contributed by atoms with Gasteiger partial charge in [0.25, 0.3) is 5.56 Å². The average molecular weight is 491 g/mol. The van der Waals surface area contributed by atoms with E-state index in [0.29, 0.717) is 0 Å². The molecule has 1 aromatic heterocycles.